The maximum Gasteiger partial charge on any atom is 0.257 e. The van der Waals surface area contributed by atoms with Crippen molar-refractivity contribution in [3.8, 4) is 0 Å². The molecule has 0 aliphatic carbocycles. The van der Waals surface area contributed by atoms with Crippen LogP contribution in [0, 0.1) is 11.6 Å². The van der Waals surface area contributed by atoms with Crippen LogP contribution in [-0.4, -0.2) is 51.1 Å². The van der Waals surface area contributed by atoms with Gasteiger partial charge in [0, 0.05) is 51.4 Å². The first-order valence-electron chi connectivity index (χ1n) is 10.2. The minimum atomic E-state index is -0.956. The van der Waals surface area contributed by atoms with Crippen molar-refractivity contribution >= 4 is 11.8 Å². The van der Waals surface area contributed by atoms with Crippen LogP contribution in [-0.2, 0) is 16.6 Å². The highest BCUT2D eigenvalue weighted by molar-refractivity contribution is 5.94. The minimum Gasteiger partial charge on any atom is -0.356 e. The summed E-state index contributed by atoms with van der Waals surface area (Å²) in [6.07, 6.45) is 5.29. The number of fused-ring (bicyclic) bond motifs is 1. The Morgan fingerprint density at radius 2 is 1.83 bits per heavy atom. The molecule has 0 N–H and O–H groups in total. The highest BCUT2D eigenvalue weighted by Gasteiger charge is 2.58. The van der Waals surface area contributed by atoms with Gasteiger partial charge in [-0.15, -0.1) is 0 Å². The zero-order chi connectivity index (χ0) is 21.0. The van der Waals surface area contributed by atoms with Crippen molar-refractivity contribution in [3.63, 3.8) is 0 Å². The molecule has 1 aromatic heterocycles. The van der Waals surface area contributed by atoms with Crippen LogP contribution in [0.2, 0.25) is 0 Å². The lowest BCUT2D eigenvalue weighted by Crippen LogP contribution is -2.51. The van der Waals surface area contributed by atoms with Gasteiger partial charge in [-0.25, -0.2) is 8.78 Å². The van der Waals surface area contributed by atoms with E-state index in [1.807, 2.05) is 17.8 Å². The number of nitrogens with zero attached hydrogens (tertiary/aromatic N) is 3. The standard InChI is InChI=1S/C22H23F2N3O3/c1-25-7-4-14(13-25)20(28)26-8-5-22(6-9-26)21(29)27-18(2-3-19(27)30-22)15-10-16(23)12-17(24)11-15/h4,7,10-13,18-19H,2-3,5-6,8-9H2,1H3/t18-,19+/m0/s1. The first-order valence-corrected chi connectivity index (χ1v) is 10.2. The molecule has 158 valence electrons. The van der Waals surface area contributed by atoms with Crippen LogP contribution in [0.5, 0.6) is 0 Å². The molecule has 0 bridgehead atoms. The number of piperidine rings is 1. The maximum absolute atomic E-state index is 13.7. The SMILES string of the molecule is Cn1ccc(C(=O)N2CCC3(CC2)O[C@@H]2CC[C@@H](c4cc(F)cc(F)c4)N2C3=O)c1. The van der Waals surface area contributed by atoms with Crippen LogP contribution in [0.3, 0.4) is 0 Å². The van der Waals surface area contributed by atoms with Crippen molar-refractivity contribution in [3.05, 3.63) is 59.4 Å². The number of hydrogen-bond donors (Lipinski definition) is 0. The van der Waals surface area contributed by atoms with Gasteiger partial charge in [0.05, 0.1) is 11.6 Å². The first kappa shape index (κ1) is 19.2. The quantitative estimate of drug-likeness (QED) is 0.758. The first-order chi connectivity index (χ1) is 14.4. The second-order valence-corrected chi connectivity index (χ2v) is 8.43. The lowest BCUT2D eigenvalue weighted by atomic mass is 9.89. The van der Waals surface area contributed by atoms with Gasteiger partial charge in [0.1, 0.15) is 17.9 Å². The van der Waals surface area contributed by atoms with Crippen molar-refractivity contribution < 1.29 is 23.1 Å². The smallest absolute Gasteiger partial charge is 0.257 e. The molecule has 4 heterocycles. The van der Waals surface area contributed by atoms with Gasteiger partial charge in [0.15, 0.2) is 5.60 Å². The van der Waals surface area contributed by atoms with Crippen molar-refractivity contribution in [2.45, 2.75) is 43.6 Å². The minimum absolute atomic E-state index is 0.0514. The molecule has 2 atom stereocenters. The van der Waals surface area contributed by atoms with Gasteiger partial charge in [-0.05, 0) is 36.6 Å². The topological polar surface area (TPSA) is 54.8 Å². The molecule has 6 nitrogen and oxygen atoms in total. The normalized spacial score (nSPS) is 25.2. The third-order valence-corrected chi connectivity index (χ3v) is 6.53. The Morgan fingerprint density at radius 3 is 2.47 bits per heavy atom. The Labute approximate surface area is 173 Å². The fourth-order valence-corrected chi connectivity index (χ4v) is 5.02. The van der Waals surface area contributed by atoms with E-state index in [9.17, 15) is 18.4 Å². The largest absolute Gasteiger partial charge is 0.356 e. The summed E-state index contributed by atoms with van der Waals surface area (Å²) in [5.74, 6) is -1.48. The highest BCUT2D eigenvalue weighted by atomic mass is 19.1. The molecule has 8 heteroatoms. The molecule has 0 saturated carbocycles. The summed E-state index contributed by atoms with van der Waals surface area (Å²) in [5.41, 5.74) is 0.129. The van der Waals surface area contributed by atoms with Gasteiger partial charge in [0.2, 0.25) is 0 Å². The van der Waals surface area contributed by atoms with Crippen molar-refractivity contribution in [2.75, 3.05) is 13.1 Å². The van der Waals surface area contributed by atoms with Crippen molar-refractivity contribution in [2.24, 2.45) is 7.05 Å². The predicted octanol–water partition coefficient (Wildman–Crippen LogP) is 3.00. The molecule has 30 heavy (non-hydrogen) atoms. The second kappa shape index (κ2) is 6.91. The van der Waals surface area contributed by atoms with E-state index >= 15 is 0 Å². The Morgan fingerprint density at radius 1 is 1.13 bits per heavy atom. The van der Waals surface area contributed by atoms with Crippen LogP contribution < -0.4 is 0 Å². The van der Waals surface area contributed by atoms with E-state index in [1.165, 1.54) is 12.1 Å². The average Bonchev–Trinajstić information content (AvgIpc) is 3.38. The zero-order valence-electron chi connectivity index (χ0n) is 16.7. The molecule has 3 saturated heterocycles. The number of aromatic nitrogens is 1. The lowest BCUT2D eigenvalue weighted by Gasteiger charge is -2.37. The third kappa shape index (κ3) is 3.01. The summed E-state index contributed by atoms with van der Waals surface area (Å²) in [6.45, 7) is 0.860. The molecule has 1 aromatic carbocycles. The van der Waals surface area contributed by atoms with E-state index < -0.39 is 23.3 Å². The van der Waals surface area contributed by atoms with E-state index in [1.54, 1.807) is 22.1 Å². The van der Waals surface area contributed by atoms with Gasteiger partial charge in [-0.2, -0.15) is 0 Å². The fraction of sp³-hybridized carbons (Fsp3) is 0.455. The molecule has 0 unspecified atom stereocenters. The lowest BCUT2D eigenvalue weighted by molar-refractivity contribution is -0.142. The third-order valence-electron chi connectivity index (χ3n) is 6.53. The Balaban J connectivity index is 1.32. The van der Waals surface area contributed by atoms with Crippen LogP contribution in [0.25, 0.3) is 0 Å². The molecular weight excluding hydrogens is 392 g/mol. The number of carbonyl (C=O) groups excluding carboxylic acids is 2. The van der Waals surface area contributed by atoms with Crippen LogP contribution >= 0.6 is 0 Å². The molecule has 1 spiro atoms. The number of carbonyl (C=O) groups is 2. The number of hydrogen-bond acceptors (Lipinski definition) is 3. The van der Waals surface area contributed by atoms with Crippen LogP contribution in [0.4, 0.5) is 8.78 Å². The van der Waals surface area contributed by atoms with Crippen LogP contribution in [0.1, 0.15) is 47.6 Å². The summed E-state index contributed by atoms with van der Waals surface area (Å²) in [4.78, 5) is 29.5. The summed E-state index contributed by atoms with van der Waals surface area (Å²) < 4.78 is 35.5. The van der Waals surface area contributed by atoms with Gasteiger partial charge in [-0.3, -0.25) is 9.59 Å². The fourth-order valence-electron chi connectivity index (χ4n) is 5.02. The molecule has 5 rings (SSSR count). The molecule has 2 aromatic rings. The molecule has 2 amide bonds. The van der Waals surface area contributed by atoms with Gasteiger partial charge >= 0.3 is 0 Å². The van der Waals surface area contributed by atoms with Crippen LogP contribution in [0.15, 0.2) is 36.7 Å². The number of ether oxygens (including phenoxy) is 1. The van der Waals surface area contributed by atoms with E-state index in [0.717, 1.165) is 6.07 Å². The Hall–Kier alpha value is -2.74. The molecule has 0 radical (unpaired) electrons. The molecular formula is C22H23F2N3O3. The monoisotopic (exact) mass is 415 g/mol. The molecule has 3 aliphatic rings. The van der Waals surface area contributed by atoms with Gasteiger partial charge in [0.25, 0.3) is 11.8 Å². The number of rotatable bonds is 2. The van der Waals surface area contributed by atoms with E-state index in [4.69, 9.17) is 4.74 Å². The zero-order valence-corrected chi connectivity index (χ0v) is 16.7. The Kier molecular flexibility index (Phi) is 4.43. The summed E-state index contributed by atoms with van der Waals surface area (Å²) in [5, 5.41) is 0. The summed E-state index contributed by atoms with van der Waals surface area (Å²) in [7, 11) is 1.86. The second-order valence-electron chi connectivity index (χ2n) is 8.43. The van der Waals surface area contributed by atoms with E-state index in [0.29, 0.717) is 49.9 Å². The number of amides is 2. The van der Waals surface area contributed by atoms with E-state index in [2.05, 4.69) is 0 Å². The predicted molar refractivity (Wildman–Crippen MR) is 103 cm³/mol. The van der Waals surface area contributed by atoms with Crippen molar-refractivity contribution in [1.29, 1.82) is 0 Å². The number of likely N-dealkylation sites (tertiary alicyclic amines) is 1. The van der Waals surface area contributed by atoms with E-state index in [-0.39, 0.29) is 18.0 Å². The highest BCUT2D eigenvalue weighted by Crippen LogP contribution is 2.47. The summed E-state index contributed by atoms with van der Waals surface area (Å²) >= 11 is 0. The van der Waals surface area contributed by atoms with Crippen molar-refractivity contribution in [1.82, 2.24) is 14.4 Å². The molecule has 3 aliphatic heterocycles. The number of halogens is 2. The maximum atomic E-state index is 13.7. The molecule has 3 fully saturated rings. The summed E-state index contributed by atoms with van der Waals surface area (Å²) in [6, 6.07) is 4.79. The average molecular weight is 415 g/mol. The number of benzene rings is 1. The van der Waals surface area contributed by atoms with Gasteiger partial charge in [-0.1, -0.05) is 0 Å². The number of aryl methyl sites for hydroxylation is 1. The van der Waals surface area contributed by atoms with Gasteiger partial charge < -0.3 is 19.1 Å². The Bertz CT molecular complexity index is 993.